The van der Waals surface area contributed by atoms with Gasteiger partial charge in [-0.25, -0.2) is 9.37 Å². The fourth-order valence-corrected chi connectivity index (χ4v) is 4.75. The van der Waals surface area contributed by atoms with Gasteiger partial charge in [0, 0.05) is 53.0 Å². The van der Waals surface area contributed by atoms with E-state index in [2.05, 4.69) is 33.7 Å². The summed E-state index contributed by atoms with van der Waals surface area (Å²) >= 11 is 6.53. The molecule has 4 rings (SSSR count). The van der Waals surface area contributed by atoms with Gasteiger partial charge in [0.2, 0.25) is 5.69 Å². The maximum absolute atomic E-state index is 13.6. The van der Waals surface area contributed by atoms with Gasteiger partial charge in [0.25, 0.3) is 5.91 Å². The van der Waals surface area contributed by atoms with Crippen LogP contribution in [0.4, 0.5) is 21.9 Å². The van der Waals surface area contributed by atoms with Gasteiger partial charge in [-0.2, -0.15) is 0 Å². The zero-order valence-corrected chi connectivity index (χ0v) is 23.6. The lowest BCUT2D eigenvalue weighted by atomic mass is 10.0. The third-order valence-corrected chi connectivity index (χ3v) is 6.62. The Morgan fingerprint density at radius 2 is 1.82 bits per heavy atom. The van der Waals surface area contributed by atoms with Crippen LogP contribution in [-0.4, -0.2) is 34.9 Å². The highest BCUT2D eigenvalue weighted by molar-refractivity contribution is 6.31. The molecule has 1 aliphatic heterocycles. The van der Waals surface area contributed by atoms with Gasteiger partial charge in [-0.1, -0.05) is 41.9 Å². The monoisotopic (exact) mass is 547 g/mol. The van der Waals surface area contributed by atoms with Crippen molar-refractivity contribution in [1.82, 2.24) is 5.32 Å². The molecule has 2 amide bonds. The van der Waals surface area contributed by atoms with E-state index in [-0.39, 0.29) is 12.5 Å². The zero-order chi connectivity index (χ0) is 28.0. The second-order valence-electron chi connectivity index (χ2n) is 10.7. The molecule has 3 aromatic rings. The van der Waals surface area contributed by atoms with Crippen molar-refractivity contribution in [2.45, 2.75) is 58.7 Å². The molecule has 1 aliphatic rings. The van der Waals surface area contributed by atoms with Gasteiger partial charge in [0.05, 0.1) is 0 Å². The van der Waals surface area contributed by atoms with Crippen LogP contribution < -0.4 is 16.0 Å². The number of carbonyl (C=O) groups excluding carboxylic acids is 2. The second-order valence-corrected chi connectivity index (χ2v) is 11.1. The van der Waals surface area contributed by atoms with Gasteiger partial charge < -0.3 is 20.7 Å². The summed E-state index contributed by atoms with van der Waals surface area (Å²) in [6.45, 7) is 8.80. The lowest BCUT2D eigenvalue weighted by molar-refractivity contribution is -0.427. The molecular formula is C31H36ClN4O3+. The van der Waals surface area contributed by atoms with E-state index < -0.39 is 17.7 Å². The minimum absolute atomic E-state index is 0.236. The molecule has 1 heterocycles. The molecule has 0 saturated heterocycles. The molecule has 3 aromatic carbocycles. The SMILES string of the molecule is Cc1cc(NC(=O)C(Nc2cccc(CNC(=O)OC(C)(C)C)c2)c2ccccc2Cl)ccc1[N+]1=CCCC1. The third kappa shape index (κ3) is 7.83. The number of halogens is 1. The molecule has 0 fully saturated rings. The predicted molar refractivity (Wildman–Crippen MR) is 157 cm³/mol. The van der Waals surface area contributed by atoms with Crippen molar-refractivity contribution in [2.75, 3.05) is 17.2 Å². The maximum atomic E-state index is 13.6. The molecule has 0 saturated carbocycles. The van der Waals surface area contributed by atoms with Crippen LogP contribution in [0.5, 0.6) is 0 Å². The molecule has 0 spiro atoms. The number of rotatable bonds is 8. The zero-order valence-electron chi connectivity index (χ0n) is 22.9. The number of alkyl carbamates (subject to hydrolysis) is 1. The molecule has 0 aromatic heterocycles. The minimum Gasteiger partial charge on any atom is -0.444 e. The van der Waals surface area contributed by atoms with Crippen molar-refractivity contribution in [1.29, 1.82) is 0 Å². The van der Waals surface area contributed by atoms with Crippen molar-refractivity contribution in [3.05, 3.63) is 88.4 Å². The van der Waals surface area contributed by atoms with E-state index in [1.54, 1.807) is 6.07 Å². The van der Waals surface area contributed by atoms with Crippen LogP contribution >= 0.6 is 11.6 Å². The van der Waals surface area contributed by atoms with Crippen molar-refractivity contribution in [3.63, 3.8) is 0 Å². The fourth-order valence-electron chi connectivity index (χ4n) is 4.51. The Bertz CT molecular complexity index is 1380. The van der Waals surface area contributed by atoms with Crippen LogP contribution in [0.15, 0.2) is 66.7 Å². The van der Waals surface area contributed by atoms with Crippen molar-refractivity contribution >= 4 is 46.9 Å². The molecule has 1 unspecified atom stereocenters. The average molecular weight is 548 g/mol. The van der Waals surface area contributed by atoms with E-state index in [0.717, 1.165) is 47.6 Å². The Labute approximate surface area is 235 Å². The summed E-state index contributed by atoms with van der Waals surface area (Å²) in [4.78, 5) is 25.7. The molecular weight excluding hydrogens is 512 g/mol. The first-order valence-corrected chi connectivity index (χ1v) is 13.5. The number of nitrogens with one attached hydrogen (secondary N) is 3. The van der Waals surface area contributed by atoms with E-state index in [1.165, 1.54) is 0 Å². The molecule has 7 nitrogen and oxygen atoms in total. The highest BCUT2D eigenvalue weighted by Gasteiger charge is 2.24. The summed E-state index contributed by atoms with van der Waals surface area (Å²) in [7, 11) is 0. The fraction of sp³-hybridized carbons (Fsp3) is 0.323. The largest absolute Gasteiger partial charge is 0.444 e. The van der Waals surface area contributed by atoms with Crippen molar-refractivity contribution in [2.24, 2.45) is 0 Å². The van der Waals surface area contributed by atoms with E-state index in [0.29, 0.717) is 10.6 Å². The summed E-state index contributed by atoms with van der Waals surface area (Å²) in [5.41, 5.74) is 4.63. The van der Waals surface area contributed by atoms with Crippen LogP contribution in [0, 0.1) is 6.92 Å². The van der Waals surface area contributed by atoms with Crippen LogP contribution in [0.1, 0.15) is 56.3 Å². The molecule has 0 bridgehead atoms. The summed E-state index contributed by atoms with van der Waals surface area (Å²) < 4.78 is 7.58. The first-order valence-electron chi connectivity index (χ1n) is 13.2. The van der Waals surface area contributed by atoms with E-state index in [1.807, 2.05) is 81.4 Å². The number of nitrogens with zero attached hydrogens (tertiary/aromatic N) is 1. The third-order valence-electron chi connectivity index (χ3n) is 6.28. The van der Waals surface area contributed by atoms with Crippen LogP contribution in [-0.2, 0) is 16.1 Å². The van der Waals surface area contributed by atoms with Gasteiger partial charge in [-0.05, 0) is 63.6 Å². The van der Waals surface area contributed by atoms with Gasteiger partial charge in [-0.15, -0.1) is 0 Å². The summed E-state index contributed by atoms with van der Waals surface area (Å²) in [6, 6.07) is 20.0. The lowest BCUT2D eigenvalue weighted by Crippen LogP contribution is -2.32. The van der Waals surface area contributed by atoms with Crippen LogP contribution in [0.2, 0.25) is 5.02 Å². The van der Waals surface area contributed by atoms with E-state index in [4.69, 9.17) is 16.3 Å². The van der Waals surface area contributed by atoms with Gasteiger partial charge in [-0.3, -0.25) is 4.79 Å². The Hall–Kier alpha value is -3.84. The Kier molecular flexibility index (Phi) is 8.92. The van der Waals surface area contributed by atoms with Crippen molar-refractivity contribution < 1.29 is 18.9 Å². The molecule has 8 heteroatoms. The van der Waals surface area contributed by atoms with Crippen LogP contribution in [0.3, 0.4) is 0 Å². The molecule has 3 N–H and O–H groups in total. The number of amides is 2. The normalized spacial score (nSPS) is 13.8. The predicted octanol–water partition coefficient (Wildman–Crippen LogP) is 6.97. The van der Waals surface area contributed by atoms with Gasteiger partial charge in [0.15, 0.2) is 0 Å². The number of benzene rings is 3. The maximum Gasteiger partial charge on any atom is 0.407 e. The first-order chi connectivity index (χ1) is 18.6. The highest BCUT2D eigenvalue weighted by Crippen LogP contribution is 2.29. The first kappa shape index (κ1) is 28.2. The summed E-state index contributed by atoms with van der Waals surface area (Å²) in [6.07, 6.45) is 3.97. The second kappa shape index (κ2) is 12.3. The molecule has 204 valence electrons. The lowest BCUT2D eigenvalue weighted by Gasteiger charge is -2.22. The Morgan fingerprint density at radius 1 is 1.03 bits per heavy atom. The minimum atomic E-state index is -0.750. The van der Waals surface area contributed by atoms with Crippen molar-refractivity contribution in [3.8, 4) is 0 Å². The van der Waals surface area contributed by atoms with Gasteiger partial charge in [0.1, 0.15) is 24.4 Å². The quantitative estimate of drug-likeness (QED) is 0.266. The standard InChI is InChI=1S/C31H35ClN4O3/c1-21-18-24(14-15-27(21)36-16-7-8-17-36)35-29(37)28(25-12-5-6-13-26(25)32)34-23-11-9-10-22(19-23)20-33-30(38)39-31(2,3)4/h5-6,9-16,18-19,28,34H,7-8,17,20H2,1-4H3,(H-,33,35,37,38)/p+1. The highest BCUT2D eigenvalue weighted by atomic mass is 35.5. The van der Waals surface area contributed by atoms with Crippen LogP contribution in [0.25, 0.3) is 0 Å². The number of hydrogen-bond acceptors (Lipinski definition) is 4. The van der Waals surface area contributed by atoms with Gasteiger partial charge >= 0.3 is 6.09 Å². The smallest absolute Gasteiger partial charge is 0.407 e. The number of hydrogen-bond donors (Lipinski definition) is 3. The molecule has 39 heavy (non-hydrogen) atoms. The topological polar surface area (TPSA) is 82.5 Å². The Morgan fingerprint density at radius 3 is 2.51 bits per heavy atom. The Balaban J connectivity index is 1.51. The average Bonchev–Trinajstić information content (AvgIpc) is 3.41. The van der Waals surface area contributed by atoms with E-state index >= 15 is 0 Å². The molecule has 0 aliphatic carbocycles. The molecule has 1 atom stereocenters. The number of carbonyl (C=O) groups is 2. The summed E-state index contributed by atoms with van der Waals surface area (Å²) in [5.74, 6) is -0.236. The molecule has 0 radical (unpaired) electrons. The number of aryl methyl sites for hydroxylation is 1. The number of ether oxygens (including phenoxy) is 1. The van der Waals surface area contributed by atoms with E-state index in [9.17, 15) is 9.59 Å². The summed E-state index contributed by atoms with van der Waals surface area (Å²) in [5, 5.41) is 9.66. The number of anilines is 2.